The van der Waals surface area contributed by atoms with Gasteiger partial charge in [0.1, 0.15) is 0 Å². The van der Waals surface area contributed by atoms with E-state index in [9.17, 15) is 4.79 Å². The molecule has 0 aliphatic heterocycles. The summed E-state index contributed by atoms with van der Waals surface area (Å²) in [5.74, 6) is 0. The number of hydrogen-bond acceptors (Lipinski definition) is 2. The Morgan fingerprint density at radius 3 is 2.23 bits per heavy atom. The van der Waals surface area contributed by atoms with Crippen LogP contribution in [0.4, 0.5) is 0 Å². The van der Waals surface area contributed by atoms with Gasteiger partial charge in [0.05, 0.1) is 11.0 Å². The smallest absolute Gasteiger partial charge is 0.309 e. The van der Waals surface area contributed by atoms with Crippen LogP contribution in [0.2, 0.25) is 0 Å². The maximum absolute atomic E-state index is 11.9. The molecule has 0 spiro atoms. The van der Waals surface area contributed by atoms with Crippen molar-refractivity contribution in [3.63, 3.8) is 0 Å². The van der Waals surface area contributed by atoms with Gasteiger partial charge in [0.25, 0.3) is 0 Å². The number of rotatable bonds is 4. The number of nitrogens with zero attached hydrogens (tertiary/aromatic N) is 2. The molecule has 0 saturated carbocycles. The number of hydrogen-bond donors (Lipinski definition) is 1. The zero-order valence-corrected chi connectivity index (χ0v) is 13.6. The first kappa shape index (κ1) is 16.3. The largest absolute Gasteiger partial charge is 0.328 e. The summed E-state index contributed by atoms with van der Waals surface area (Å²) in [5, 5.41) is 3.43. The topological polar surface area (TPSA) is 39.0 Å². The molecule has 0 aliphatic rings. The molecule has 0 atom stereocenters. The number of halogens is 1. The van der Waals surface area contributed by atoms with Gasteiger partial charge in [-0.05, 0) is 23.3 Å². The van der Waals surface area contributed by atoms with Crippen LogP contribution in [0.5, 0.6) is 0 Å². The normalized spacial score (nSPS) is 10.6. The first-order valence-corrected chi connectivity index (χ1v) is 7.06. The Bertz CT molecular complexity index is 821. The molecule has 0 saturated heterocycles. The van der Waals surface area contributed by atoms with Crippen LogP contribution in [0.15, 0.2) is 53.3 Å². The number of nitrogens with one attached hydrogen (secondary N) is 1. The van der Waals surface area contributed by atoms with Gasteiger partial charge >= 0.3 is 5.69 Å². The lowest BCUT2D eigenvalue weighted by atomic mass is 10.2. The lowest BCUT2D eigenvalue weighted by Crippen LogP contribution is -2.19. The SMILES string of the molecule is Cl.Cn1c(=O)n(C)c2cc(CNCc3ccccc3)ccc21. The average Bonchev–Trinajstić information content (AvgIpc) is 2.73. The molecule has 4 nitrogen and oxygen atoms in total. The van der Waals surface area contributed by atoms with Crippen LogP contribution in [0.25, 0.3) is 11.0 Å². The number of aromatic nitrogens is 2. The fraction of sp³-hybridized carbons (Fsp3) is 0.235. The van der Waals surface area contributed by atoms with E-state index in [2.05, 4.69) is 29.6 Å². The molecular formula is C17H20ClN3O. The van der Waals surface area contributed by atoms with E-state index in [0.717, 1.165) is 24.1 Å². The van der Waals surface area contributed by atoms with E-state index in [-0.39, 0.29) is 18.1 Å². The average molecular weight is 318 g/mol. The third-order valence-corrected chi connectivity index (χ3v) is 3.84. The monoisotopic (exact) mass is 317 g/mol. The van der Waals surface area contributed by atoms with Gasteiger partial charge in [-0.15, -0.1) is 12.4 Å². The summed E-state index contributed by atoms with van der Waals surface area (Å²) in [4.78, 5) is 11.9. The van der Waals surface area contributed by atoms with Gasteiger partial charge in [-0.3, -0.25) is 9.13 Å². The second kappa shape index (κ2) is 6.81. The lowest BCUT2D eigenvalue weighted by molar-refractivity contribution is 0.693. The summed E-state index contributed by atoms with van der Waals surface area (Å²) >= 11 is 0. The predicted molar refractivity (Wildman–Crippen MR) is 92.4 cm³/mol. The molecule has 1 heterocycles. The third-order valence-electron chi connectivity index (χ3n) is 3.84. The van der Waals surface area contributed by atoms with Crippen molar-refractivity contribution in [3.8, 4) is 0 Å². The molecule has 116 valence electrons. The van der Waals surface area contributed by atoms with Gasteiger partial charge in [-0.1, -0.05) is 36.4 Å². The molecule has 0 bridgehead atoms. The van der Waals surface area contributed by atoms with Crippen LogP contribution in [-0.4, -0.2) is 9.13 Å². The van der Waals surface area contributed by atoms with Gasteiger partial charge in [0, 0.05) is 27.2 Å². The Hall–Kier alpha value is -2.04. The Morgan fingerprint density at radius 2 is 1.50 bits per heavy atom. The van der Waals surface area contributed by atoms with Crippen molar-refractivity contribution in [2.24, 2.45) is 14.1 Å². The molecule has 3 rings (SSSR count). The molecule has 3 aromatic rings. The summed E-state index contributed by atoms with van der Waals surface area (Å²) in [6.45, 7) is 1.63. The minimum Gasteiger partial charge on any atom is -0.309 e. The highest BCUT2D eigenvalue weighted by Crippen LogP contribution is 2.14. The summed E-state index contributed by atoms with van der Waals surface area (Å²) in [6, 6.07) is 16.5. The van der Waals surface area contributed by atoms with E-state index < -0.39 is 0 Å². The highest BCUT2D eigenvalue weighted by molar-refractivity contribution is 5.85. The Labute approximate surface area is 135 Å². The van der Waals surface area contributed by atoms with E-state index in [1.54, 1.807) is 16.2 Å². The van der Waals surface area contributed by atoms with Crippen molar-refractivity contribution in [2.45, 2.75) is 13.1 Å². The predicted octanol–water partition coefficient (Wildman–Crippen LogP) is 2.59. The van der Waals surface area contributed by atoms with E-state index >= 15 is 0 Å². The molecule has 1 N–H and O–H groups in total. The van der Waals surface area contributed by atoms with Gasteiger partial charge in [-0.2, -0.15) is 0 Å². The third kappa shape index (κ3) is 3.08. The van der Waals surface area contributed by atoms with Crippen molar-refractivity contribution in [1.82, 2.24) is 14.5 Å². The lowest BCUT2D eigenvalue weighted by Gasteiger charge is -2.06. The molecular weight excluding hydrogens is 298 g/mol. The van der Waals surface area contributed by atoms with Gasteiger partial charge < -0.3 is 5.32 Å². The van der Waals surface area contributed by atoms with Crippen LogP contribution < -0.4 is 11.0 Å². The summed E-state index contributed by atoms with van der Waals surface area (Å²) in [7, 11) is 3.61. The van der Waals surface area contributed by atoms with E-state index in [4.69, 9.17) is 0 Å². The maximum atomic E-state index is 11.9. The minimum atomic E-state index is 0. The maximum Gasteiger partial charge on any atom is 0.328 e. The van der Waals surface area contributed by atoms with Gasteiger partial charge in [0.2, 0.25) is 0 Å². The van der Waals surface area contributed by atoms with Gasteiger partial charge in [0.15, 0.2) is 0 Å². The molecule has 2 aromatic carbocycles. The highest BCUT2D eigenvalue weighted by Gasteiger charge is 2.07. The zero-order valence-electron chi connectivity index (χ0n) is 12.7. The standard InChI is InChI=1S/C17H19N3O.ClH/c1-19-15-9-8-14(10-16(15)20(2)17(19)21)12-18-11-13-6-4-3-5-7-13;/h3-10,18H,11-12H2,1-2H3;1H. The second-order valence-corrected chi connectivity index (χ2v) is 5.31. The Balaban J connectivity index is 0.00000176. The van der Waals surface area contributed by atoms with Crippen LogP contribution >= 0.6 is 12.4 Å². The van der Waals surface area contributed by atoms with Crippen molar-refractivity contribution in [2.75, 3.05) is 0 Å². The van der Waals surface area contributed by atoms with Crippen molar-refractivity contribution >= 4 is 23.4 Å². The van der Waals surface area contributed by atoms with E-state index in [1.165, 1.54) is 11.1 Å². The molecule has 0 amide bonds. The van der Waals surface area contributed by atoms with Crippen LogP contribution in [0.1, 0.15) is 11.1 Å². The van der Waals surface area contributed by atoms with E-state index in [0.29, 0.717) is 0 Å². The van der Waals surface area contributed by atoms with Crippen molar-refractivity contribution in [3.05, 3.63) is 70.1 Å². The highest BCUT2D eigenvalue weighted by atomic mass is 35.5. The molecule has 1 aromatic heterocycles. The summed E-state index contributed by atoms with van der Waals surface area (Å²) < 4.78 is 3.37. The first-order chi connectivity index (χ1) is 10.2. The van der Waals surface area contributed by atoms with Crippen LogP contribution in [0, 0.1) is 0 Å². The number of aryl methyl sites for hydroxylation is 2. The summed E-state index contributed by atoms with van der Waals surface area (Å²) in [5.41, 5.74) is 4.40. The molecule has 0 unspecified atom stereocenters. The minimum absolute atomic E-state index is 0. The molecule has 0 fully saturated rings. The fourth-order valence-electron chi connectivity index (χ4n) is 2.61. The van der Waals surface area contributed by atoms with Crippen LogP contribution in [0.3, 0.4) is 0 Å². The van der Waals surface area contributed by atoms with Crippen molar-refractivity contribution in [1.29, 1.82) is 0 Å². The van der Waals surface area contributed by atoms with E-state index in [1.807, 2.05) is 31.3 Å². The van der Waals surface area contributed by atoms with Gasteiger partial charge in [-0.25, -0.2) is 4.79 Å². The molecule has 5 heteroatoms. The quantitative estimate of drug-likeness (QED) is 0.803. The number of fused-ring (bicyclic) bond motifs is 1. The molecule has 0 aliphatic carbocycles. The fourth-order valence-corrected chi connectivity index (χ4v) is 2.61. The molecule has 22 heavy (non-hydrogen) atoms. The Morgan fingerprint density at radius 1 is 0.864 bits per heavy atom. The first-order valence-electron chi connectivity index (χ1n) is 7.06. The van der Waals surface area contributed by atoms with Crippen molar-refractivity contribution < 1.29 is 0 Å². The molecule has 0 radical (unpaired) electrons. The van der Waals surface area contributed by atoms with Crippen LogP contribution in [-0.2, 0) is 27.2 Å². The number of imidazole rings is 1. The Kier molecular flexibility index (Phi) is 5.06. The second-order valence-electron chi connectivity index (χ2n) is 5.31. The summed E-state index contributed by atoms with van der Waals surface area (Å²) in [6.07, 6.45) is 0. The zero-order chi connectivity index (χ0) is 14.8. The number of benzene rings is 2.